The lowest BCUT2D eigenvalue weighted by molar-refractivity contribution is -0.146. The Morgan fingerprint density at radius 3 is 2.42 bits per heavy atom. The first-order valence-electron chi connectivity index (χ1n) is 6.82. The summed E-state index contributed by atoms with van der Waals surface area (Å²) in [6.07, 6.45) is -9.16. The van der Waals surface area contributed by atoms with Crippen LogP contribution in [0.25, 0.3) is 17.4 Å². The molecule has 0 spiro atoms. The SMILES string of the molecule is FC(F)(F)c1cc(C(F)(F)F)c2c(n1)-n1nc(-c3nnco3)cc1CO2. The number of alkyl halides is 6. The maximum atomic E-state index is 13.2. The molecule has 0 unspecified atom stereocenters. The number of pyridine rings is 1. The molecular weight excluding hydrogens is 372 g/mol. The van der Waals surface area contributed by atoms with Gasteiger partial charge >= 0.3 is 12.4 Å². The van der Waals surface area contributed by atoms with Crippen LogP contribution in [0.3, 0.4) is 0 Å². The normalized spacial score (nSPS) is 13.9. The summed E-state index contributed by atoms with van der Waals surface area (Å²) in [6, 6.07) is 1.25. The van der Waals surface area contributed by atoms with Crippen LogP contribution in [0.5, 0.6) is 5.75 Å². The summed E-state index contributed by atoms with van der Waals surface area (Å²) in [5, 5.41) is 10.9. The Hall–Kier alpha value is -3.12. The van der Waals surface area contributed by atoms with Crippen molar-refractivity contribution in [1.29, 1.82) is 0 Å². The number of ether oxygens (including phenoxy) is 1. The maximum absolute atomic E-state index is 13.2. The Kier molecular flexibility index (Phi) is 3.26. The quantitative estimate of drug-likeness (QED) is 0.606. The van der Waals surface area contributed by atoms with Crippen LogP contribution >= 0.6 is 0 Å². The first-order chi connectivity index (χ1) is 12.1. The van der Waals surface area contributed by atoms with Gasteiger partial charge in [0.25, 0.3) is 5.89 Å². The molecule has 0 radical (unpaired) electrons. The standard InChI is InChI=1S/C13H5F6N5O2/c14-12(15,16)6-2-8(13(17,18)19)21-10-9(6)25-3-5-1-7(23-24(5)10)11-22-20-4-26-11/h1-2,4H,3H2. The van der Waals surface area contributed by atoms with Crippen molar-refractivity contribution in [2.75, 3.05) is 0 Å². The number of hydrogen-bond acceptors (Lipinski definition) is 6. The van der Waals surface area contributed by atoms with Crippen LogP contribution in [0.1, 0.15) is 17.0 Å². The van der Waals surface area contributed by atoms with E-state index in [0.29, 0.717) is 0 Å². The van der Waals surface area contributed by atoms with Gasteiger partial charge in [-0.05, 0) is 12.1 Å². The zero-order valence-corrected chi connectivity index (χ0v) is 12.3. The molecule has 3 aromatic rings. The molecule has 1 aliphatic heterocycles. The van der Waals surface area contributed by atoms with Gasteiger partial charge in [0.05, 0.1) is 5.69 Å². The minimum Gasteiger partial charge on any atom is -0.483 e. The van der Waals surface area contributed by atoms with Gasteiger partial charge in [-0.1, -0.05) is 0 Å². The smallest absolute Gasteiger partial charge is 0.433 e. The summed E-state index contributed by atoms with van der Waals surface area (Å²) in [5.41, 5.74) is -3.07. The highest BCUT2D eigenvalue weighted by molar-refractivity contribution is 5.55. The van der Waals surface area contributed by atoms with Crippen LogP contribution in [0.4, 0.5) is 26.3 Å². The Balaban J connectivity index is 1.95. The monoisotopic (exact) mass is 377 g/mol. The molecular formula is C13H5F6N5O2. The maximum Gasteiger partial charge on any atom is 0.433 e. The van der Waals surface area contributed by atoms with E-state index < -0.39 is 35.2 Å². The van der Waals surface area contributed by atoms with Crippen LogP contribution < -0.4 is 4.74 Å². The molecule has 0 bridgehead atoms. The lowest BCUT2D eigenvalue weighted by Crippen LogP contribution is -2.22. The van der Waals surface area contributed by atoms with Gasteiger partial charge in [-0.15, -0.1) is 10.2 Å². The van der Waals surface area contributed by atoms with E-state index in [1.165, 1.54) is 6.07 Å². The molecule has 0 saturated carbocycles. The van der Waals surface area contributed by atoms with Gasteiger partial charge in [0.15, 0.2) is 17.3 Å². The number of rotatable bonds is 1. The second-order valence-corrected chi connectivity index (χ2v) is 5.17. The fraction of sp³-hybridized carbons (Fsp3) is 0.231. The van der Waals surface area contributed by atoms with Crippen LogP contribution in [0, 0.1) is 0 Å². The fourth-order valence-corrected chi connectivity index (χ4v) is 2.40. The zero-order valence-electron chi connectivity index (χ0n) is 12.3. The average Bonchev–Trinajstić information content (AvgIpc) is 3.20. The molecule has 136 valence electrons. The Bertz CT molecular complexity index is 976. The van der Waals surface area contributed by atoms with E-state index in [2.05, 4.69) is 20.3 Å². The lowest BCUT2D eigenvalue weighted by Gasteiger charge is -2.23. The third-order valence-corrected chi connectivity index (χ3v) is 3.48. The molecule has 4 rings (SSSR count). The summed E-state index contributed by atoms with van der Waals surface area (Å²) in [4.78, 5) is 3.28. The predicted octanol–water partition coefficient (Wildman–Crippen LogP) is 3.25. The van der Waals surface area contributed by atoms with Gasteiger partial charge in [0.2, 0.25) is 6.39 Å². The third-order valence-electron chi connectivity index (χ3n) is 3.48. The summed E-state index contributed by atoms with van der Waals surface area (Å²) < 4.78 is 89.4. The Labute approximate surface area is 139 Å². The Morgan fingerprint density at radius 2 is 1.81 bits per heavy atom. The largest absolute Gasteiger partial charge is 0.483 e. The molecule has 1 aliphatic rings. The molecule has 13 heteroatoms. The molecule has 3 aromatic heterocycles. The third kappa shape index (κ3) is 2.55. The van der Waals surface area contributed by atoms with Crippen LogP contribution in [0.2, 0.25) is 0 Å². The molecule has 0 N–H and O–H groups in total. The molecule has 0 fully saturated rings. The van der Waals surface area contributed by atoms with Crippen molar-refractivity contribution >= 4 is 0 Å². The van der Waals surface area contributed by atoms with Gasteiger partial charge in [-0.3, -0.25) is 0 Å². The van der Waals surface area contributed by atoms with Crippen molar-refractivity contribution < 1.29 is 35.5 Å². The van der Waals surface area contributed by atoms with Crippen molar-refractivity contribution in [1.82, 2.24) is 25.0 Å². The van der Waals surface area contributed by atoms with Crippen molar-refractivity contribution in [2.24, 2.45) is 0 Å². The molecule has 0 aromatic carbocycles. The molecule has 0 amide bonds. The minimum absolute atomic E-state index is 0.0571. The van der Waals surface area contributed by atoms with Crippen molar-refractivity contribution in [2.45, 2.75) is 19.0 Å². The average molecular weight is 377 g/mol. The van der Waals surface area contributed by atoms with Crippen molar-refractivity contribution in [3.8, 4) is 23.2 Å². The minimum atomic E-state index is -5.09. The highest BCUT2D eigenvalue weighted by atomic mass is 19.4. The second-order valence-electron chi connectivity index (χ2n) is 5.17. The molecule has 4 heterocycles. The zero-order chi connectivity index (χ0) is 18.7. The number of fused-ring (bicyclic) bond motifs is 3. The molecule has 0 aliphatic carbocycles. The van der Waals surface area contributed by atoms with E-state index in [-0.39, 0.29) is 30.0 Å². The van der Waals surface area contributed by atoms with Gasteiger partial charge in [-0.25, -0.2) is 9.67 Å². The van der Waals surface area contributed by atoms with Crippen LogP contribution in [0.15, 0.2) is 22.9 Å². The fourth-order valence-electron chi connectivity index (χ4n) is 2.40. The number of halogens is 6. The van der Waals surface area contributed by atoms with E-state index in [1.54, 1.807) is 0 Å². The van der Waals surface area contributed by atoms with Crippen molar-refractivity contribution in [3.63, 3.8) is 0 Å². The molecule has 26 heavy (non-hydrogen) atoms. The first-order valence-corrected chi connectivity index (χ1v) is 6.82. The predicted molar refractivity (Wildman–Crippen MR) is 69.0 cm³/mol. The van der Waals surface area contributed by atoms with Gasteiger partial charge in [0, 0.05) is 0 Å². The number of aromatic nitrogens is 5. The summed E-state index contributed by atoms with van der Waals surface area (Å²) in [6.45, 7) is -0.357. The van der Waals surface area contributed by atoms with E-state index in [9.17, 15) is 26.3 Å². The highest BCUT2D eigenvalue weighted by Gasteiger charge is 2.43. The topological polar surface area (TPSA) is 78.9 Å². The summed E-state index contributed by atoms with van der Waals surface area (Å²) in [5.74, 6) is -1.62. The van der Waals surface area contributed by atoms with E-state index in [4.69, 9.17) is 9.15 Å². The van der Waals surface area contributed by atoms with E-state index in [1.807, 2.05) is 0 Å². The second kappa shape index (κ2) is 5.19. The van der Waals surface area contributed by atoms with E-state index >= 15 is 0 Å². The van der Waals surface area contributed by atoms with Gasteiger partial charge in [-0.2, -0.15) is 31.4 Å². The molecule has 0 saturated heterocycles. The van der Waals surface area contributed by atoms with Crippen molar-refractivity contribution in [3.05, 3.63) is 35.5 Å². The highest BCUT2D eigenvalue weighted by Crippen LogP contribution is 2.44. The van der Waals surface area contributed by atoms with E-state index in [0.717, 1.165) is 11.1 Å². The number of nitrogens with zero attached hydrogens (tertiary/aromatic N) is 5. The van der Waals surface area contributed by atoms with Crippen LogP contribution in [-0.4, -0.2) is 25.0 Å². The van der Waals surface area contributed by atoms with Crippen LogP contribution in [-0.2, 0) is 19.0 Å². The summed E-state index contributed by atoms with van der Waals surface area (Å²) >= 11 is 0. The first kappa shape index (κ1) is 16.4. The van der Waals surface area contributed by atoms with Gasteiger partial charge < -0.3 is 9.15 Å². The van der Waals surface area contributed by atoms with Gasteiger partial charge in [0.1, 0.15) is 17.9 Å². The Morgan fingerprint density at radius 1 is 1.04 bits per heavy atom. The number of hydrogen-bond donors (Lipinski definition) is 0. The molecule has 0 atom stereocenters. The summed E-state index contributed by atoms with van der Waals surface area (Å²) in [7, 11) is 0. The lowest BCUT2D eigenvalue weighted by atomic mass is 10.1. The molecule has 7 nitrogen and oxygen atoms in total.